The summed E-state index contributed by atoms with van der Waals surface area (Å²) in [7, 11) is 0. The number of carbonyl (C=O) groups excluding carboxylic acids is 2. The number of nitrogens with zero attached hydrogens (tertiary/aromatic N) is 2. The predicted molar refractivity (Wildman–Crippen MR) is 84.2 cm³/mol. The number of furan rings is 1. The molecule has 8 nitrogen and oxygen atoms in total. The maximum atomic E-state index is 12.7. The summed E-state index contributed by atoms with van der Waals surface area (Å²) in [6.45, 7) is -2.73. The van der Waals surface area contributed by atoms with E-state index in [-0.39, 0.29) is 29.0 Å². The summed E-state index contributed by atoms with van der Waals surface area (Å²) in [6.07, 6.45) is -3.10. The molecule has 0 aliphatic heterocycles. The van der Waals surface area contributed by atoms with Crippen molar-refractivity contribution in [3.63, 3.8) is 0 Å². The van der Waals surface area contributed by atoms with Crippen molar-refractivity contribution in [2.45, 2.75) is 12.7 Å². The minimum Gasteiger partial charge on any atom is -0.483 e. The van der Waals surface area contributed by atoms with E-state index in [1.165, 1.54) is 18.4 Å². The van der Waals surface area contributed by atoms with E-state index in [0.717, 1.165) is 18.2 Å². The Labute approximate surface area is 150 Å². The highest BCUT2D eigenvalue weighted by molar-refractivity contribution is 5.82. The zero-order valence-corrected chi connectivity index (χ0v) is 13.6. The summed E-state index contributed by atoms with van der Waals surface area (Å²) in [4.78, 5) is 33.6. The van der Waals surface area contributed by atoms with Gasteiger partial charge in [-0.3, -0.25) is 19.7 Å². The zero-order valence-electron chi connectivity index (χ0n) is 13.6. The van der Waals surface area contributed by atoms with Crippen LogP contribution in [0.15, 0.2) is 41.0 Å². The van der Waals surface area contributed by atoms with Crippen LogP contribution in [-0.4, -0.2) is 41.3 Å². The highest BCUT2D eigenvalue weighted by Crippen LogP contribution is 2.23. The second-order valence-electron chi connectivity index (χ2n) is 5.33. The van der Waals surface area contributed by atoms with Gasteiger partial charge in [-0.25, -0.2) is 0 Å². The fourth-order valence-corrected chi connectivity index (χ4v) is 2.14. The molecule has 1 aromatic heterocycles. The number of aldehydes is 1. The first kappa shape index (κ1) is 19.9. The number of amides is 1. The van der Waals surface area contributed by atoms with Gasteiger partial charge in [0.25, 0.3) is 11.6 Å². The first-order valence-corrected chi connectivity index (χ1v) is 7.43. The molecule has 0 N–H and O–H groups in total. The number of non-ortho nitro benzene ring substituents is 1. The molecule has 2 aromatic rings. The molecular formula is C16H13F3N2O6. The van der Waals surface area contributed by atoms with Crippen molar-refractivity contribution in [1.29, 1.82) is 0 Å². The predicted octanol–water partition coefficient (Wildman–Crippen LogP) is 2.97. The van der Waals surface area contributed by atoms with Gasteiger partial charge in [0.2, 0.25) is 0 Å². The van der Waals surface area contributed by atoms with E-state index in [0.29, 0.717) is 4.90 Å². The second kappa shape index (κ2) is 8.34. The number of nitro groups is 1. The number of halogens is 3. The number of rotatable bonds is 8. The first-order valence-electron chi connectivity index (χ1n) is 7.43. The maximum Gasteiger partial charge on any atom is 0.406 e. The second-order valence-corrected chi connectivity index (χ2v) is 5.33. The molecule has 144 valence electrons. The molecule has 0 aliphatic carbocycles. The number of benzene rings is 1. The molecule has 1 aromatic carbocycles. The Morgan fingerprint density at radius 2 is 2.07 bits per heavy atom. The van der Waals surface area contributed by atoms with Gasteiger partial charge in [0, 0.05) is 12.1 Å². The van der Waals surface area contributed by atoms with E-state index in [1.54, 1.807) is 0 Å². The van der Waals surface area contributed by atoms with E-state index >= 15 is 0 Å². The third-order valence-corrected chi connectivity index (χ3v) is 3.33. The third-order valence-electron chi connectivity index (χ3n) is 3.33. The quantitative estimate of drug-likeness (QED) is 0.393. The lowest BCUT2D eigenvalue weighted by molar-refractivity contribution is -0.384. The Kier molecular flexibility index (Phi) is 6.16. The van der Waals surface area contributed by atoms with Crippen LogP contribution in [0.4, 0.5) is 18.9 Å². The summed E-state index contributed by atoms with van der Waals surface area (Å²) in [5.41, 5.74) is -0.572. The van der Waals surface area contributed by atoms with Gasteiger partial charge in [0.05, 0.1) is 23.3 Å². The summed E-state index contributed by atoms with van der Waals surface area (Å²) >= 11 is 0. The zero-order chi connectivity index (χ0) is 20.0. The van der Waals surface area contributed by atoms with Crippen LogP contribution in [0.2, 0.25) is 0 Å². The molecule has 0 fully saturated rings. The summed E-state index contributed by atoms with van der Waals surface area (Å²) < 4.78 is 48.2. The molecule has 0 bridgehead atoms. The van der Waals surface area contributed by atoms with Crippen molar-refractivity contribution in [3.8, 4) is 5.75 Å². The Morgan fingerprint density at radius 3 is 2.63 bits per heavy atom. The molecular weight excluding hydrogens is 373 g/mol. The van der Waals surface area contributed by atoms with Gasteiger partial charge in [-0.05, 0) is 18.2 Å². The number of alkyl halides is 3. The molecule has 0 aliphatic rings. The topological polar surface area (TPSA) is 103 Å². The molecule has 0 saturated heterocycles. The summed E-state index contributed by atoms with van der Waals surface area (Å²) in [6, 6.07) is 5.95. The average Bonchev–Trinajstić information content (AvgIpc) is 3.10. The lowest BCUT2D eigenvalue weighted by atomic mass is 10.2. The Hall–Kier alpha value is -3.37. The molecule has 0 unspecified atom stereocenters. The van der Waals surface area contributed by atoms with Crippen molar-refractivity contribution in [2.24, 2.45) is 0 Å². The molecule has 0 saturated carbocycles. The van der Waals surface area contributed by atoms with Gasteiger partial charge in [-0.2, -0.15) is 13.2 Å². The van der Waals surface area contributed by atoms with Crippen LogP contribution < -0.4 is 4.74 Å². The maximum absolute atomic E-state index is 12.7. The fourth-order valence-electron chi connectivity index (χ4n) is 2.14. The Bertz CT molecular complexity index is 820. The van der Waals surface area contributed by atoms with Crippen molar-refractivity contribution in [2.75, 3.05) is 13.2 Å². The van der Waals surface area contributed by atoms with Gasteiger partial charge >= 0.3 is 6.18 Å². The Morgan fingerprint density at radius 1 is 1.33 bits per heavy atom. The Balaban J connectivity index is 2.10. The van der Waals surface area contributed by atoms with E-state index in [4.69, 9.17) is 9.15 Å². The van der Waals surface area contributed by atoms with Crippen LogP contribution in [-0.2, 0) is 11.3 Å². The van der Waals surface area contributed by atoms with Gasteiger partial charge < -0.3 is 14.1 Å². The van der Waals surface area contributed by atoms with Crippen LogP contribution >= 0.6 is 0 Å². The molecule has 0 radical (unpaired) electrons. The average molecular weight is 386 g/mol. The van der Waals surface area contributed by atoms with E-state index < -0.39 is 36.7 Å². The number of hydrogen-bond acceptors (Lipinski definition) is 6. The SMILES string of the molecule is O=Cc1cc([N+](=O)[O-])ccc1OCC(=O)N(Cc1ccco1)CC(F)(F)F. The lowest BCUT2D eigenvalue weighted by Gasteiger charge is -2.23. The van der Waals surface area contributed by atoms with Gasteiger partial charge in [0.15, 0.2) is 12.9 Å². The number of hydrogen-bond donors (Lipinski definition) is 0. The van der Waals surface area contributed by atoms with Crippen LogP contribution in [0, 0.1) is 10.1 Å². The largest absolute Gasteiger partial charge is 0.483 e. The number of ether oxygens (including phenoxy) is 1. The summed E-state index contributed by atoms with van der Waals surface area (Å²) in [5.74, 6) is -1.01. The standard InChI is InChI=1S/C16H13F3N2O6/c17-16(18,19)10-20(7-13-2-1-5-26-13)15(23)9-27-14-4-3-12(21(24)25)6-11(14)8-22/h1-6,8H,7,9-10H2. The van der Waals surface area contributed by atoms with Gasteiger partial charge in [-0.15, -0.1) is 0 Å². The molecule has 0 spiro atoms. The van der Waals surface area contributed by atoms with Crippen molar-refractivity contribution in [3.05, 3.63) is 58.0 Å². The molecule has 1 heterocycles. The third kappa shape index (κ3) is 5.83. The van der Waals surface area contributed by atoms with Crippen LogP contribution in [0.25, 0.3) is 0 Å². The fraction of sp³-hybridized carbons (Fsp3) is 0.250. The summed E-state index contributed by atoms with van der Waals surface area (Å²) in [5, 5.41) is 10.7. The smallest absolute Gasteiger partial charge is 0.406 e. The monoisotopic (exact) mass is 386 g/mol. The van der Waals surface area contributed by atoms with Gasteiger partial charge in [0.1, 0.15) is 18.1 Å². The normalized spacial score (nSPS) is 11.1. The number of carbonyl (C=O) groups is 2. The van der Waals surface area contributed by atoms with Crippen molar-refractivity contribution in [1.82, 2.24) is 4.90 Å². The highest BCUT2D eigenvalue weighted by Gasteiger charge is 2.33. The van der Waals surface area contributed by atoms with Crippen LogP contribution in [0.1, 0.15) is 16.1 Å². The van der Waals surface area contributed by atoms with Crippen molar-refractivity contribution >= 4 is 17.9 Å². The molecule has 2 rings (SSSR count). The highest BCUT2D eigenvalue weighted by atomic mass is 19.4. The van der Waals surface area contributed by atoms with E-state index in [9.17, 15) is 32.9 Å². The van der Waals surface area contributed by atoms with Gasteiger partial charge in [-0.1, -0.05) is 0 Å². The van der Waals surface area contributed by atoms with Crippen LogP contribution in [0.3, 0.4) is 0 Å². The lowest BCUT2D eigenvalue weighted by Crippen LogP contribution is -2.40. The first-order chi connectivity index (χ1) is 12.7. The molecule has 27 heavy (non-hydrogen) atoms. The number of nitro benzene ring substituents is 1. The van der Waals surface area contributed by atoms with Crippen molar-refractivity contribution < 1.29 is 36.8 Å². The van der Waals surface area contributed by atoms with Crippen LogP contribution in [0.5, 0.6) is 5.75 Å². The minimum absolute atomic E-state index is 0.150. The van der Waals surface area contributed by atoms with E-state index in [2.05, 4.69) is 0 Å². The minimum atomic E-state index is -4.64. The molecule has 1 amide bonds. The molecule has 0 atom stereocenters. The molecule has 11 heteroatoms. The van der Waals surface area contributed by atoms with E-state index in [1.807, 2.05) is 0 Å².